The number of carbonyl (C=O) groups excluding carboxylic acids is 1. The Balaban J connectivity index is 1.76. The van der Waals surface area contributed by atoms with Crippen LogP contribution in [0, 0.1) is 6.92 Å². The Morgan fingerprint density at radius 1 is 1.39 bits per heavy atom. The molecule has 1 amide bonds. The van der Waals surface area contributed by atoms with Crippen LogP contribution >= 0.6 is 0 Å². The topological polar surface area (TPSA) is 81.1 Å². The van der Waals surface area contributed by atoms with Crippen LogP contribution in [0.4, 0.5) is 0 Å². The zero-order valence-electron chi connectivity index (χ0n) is 13.4. The van der Waals surface area contributed by atoms with Crippen molar-refractivity contribution in [2.75, 3.05) is 20.2 Å². The molecule has 1 aromatic heterocycles. The largest absolute Gasteiger partial charge is 0.497 e. The molecule has 23 heavy (non-hydrogen) atoms. The van der Waals surface area contributed by atoms with Gasteiger partial charge in [0.2, 0.25) is 0 Å². The van der Waals surface area contributed by atoms with Crippen LogP contribution in [-0.4, -0.2) is 47.1 Å². The minimum Gasteiger partial charge on any atom is -0.497 e. The van der Waals surface area contributed by atoms with E-state index in [1.165, 1.54) is 0 Å². The minimum absolute atomic E-state index is 0.154. The highest BCUT2D eigenvalue weighted by Gasteiger charge is 2.21. The van der Waals surface area contributed by atoms with Crippen molar-refractivity contribution in [3.05, 3.63) is 35.7 Å². The molecule has 2 aromatic rings. The lowest BCUT2D eigenvalue weighted by atomic mass is 10.1. The summed E-state index contributed by atoms with van der Waals surface area (Å²) < 4.78 is 6.81. The van der Waals surface area contributed by atoms with Gasteiger partial charge in [-0.2, -0.15) is 0 Å². The molecule has 0 spiro atoms. The van der Waals surface area contributed by atoms with Gasteiger partial charge in [0, 0.05) is 12.6 Å². The zero-order valence-corrected chi connectivity index (χ0v) is 13.4. The molecule has 7 heteroatoms. The van der Waals surface area contributed by atoms with Crippen molar-refractivity contribution >= 4 is 5.91 Å². The Labute approximate surface area is 135 Å². The second-order valence-corrected chi connectivity index (χ2v) is 5.65. The van der Waals surface area contributed by atoms with E-state index >= 15 is 0 Å². The summed E-state index contributed by atoms with van der Waals surface area (Å²) in [6.07, 6.45) is 2.06. The van der Waals surface area contributed by atoms with Gasteiger partial charge in [-0.25, -0.2) is 4.68 Å². The molecule has 3 rings (SSSR count). The van der Waals surface area contributed by atoms with Crippen molar-refractivity contribution in [2.24, 2.45) is 0 Å². The number of nitrogens with one attached hydrogen (secondary N) is 2. The van der Waals surface area contributed by atoms with Gasteiger partial charge >= 0.3 is 0 Å². The number of carbonyl (C=O) groups is 1. The van der Waals surface area contributed by atoms with E-state index in [9.17, 15) is 4.79 Å². The molecular weight excluding hydrogens is 294 g/mol. The van der Waals surface area contributed by atoms with E-state index in [-0.39, 0.29) is 11.9 Å². The third-order valence-electron chi connectivity index (χ3n) is 4.06. The third-order valence-corrected chi connectivity index (χ3v) is 4.06. The molecule has 1 fully saturated rings. The maximum absolute atomic E-state index is 12.4. The molecule has 1 aliphatic rings. The highest BCUT2D eigenvalue weighted by atomic mass is 16.5. The first-order valence-corrected chi connectivity index (χ1v) is 7.77. The predicted molar refractivity (Wildman–Crippen MR) is 86.0 cm³/mol. The molecule has 0 radical (unpaired) electrons. The van der Waals surface area contributed by atoms with Gasteiger partial charge in [-0.05, 0) is 50.6 Å². The Hall–Kier alpha value is -2.41. The lowest BCUT2D eigenvalue weighted by Crippen LogP contribution is -2.45. The van der Waals surface area contributed by atoms with Crippen LogP contribution in [-0.2, 0) is 0 Å². The Morgan fingerprint density at radius 3 is 2.83 bits per heavy atom. The fourth-order valence-electron chi connectivity index (χ4n) is 2.74. The Bertz CT molecular complexity index is 674. The number of piperidine rings is 1. The minimum atomic E-state index is -0.170. The standard InChI is InChI=1S/C16H21N5O2/c1-11-15(16(22)18-12-4-3-9-17-10-12)19-20-21(11)13-5-7-14(23-2)8-6-13/h5-8,12,17H,3-4,9-10H2,1-2H3,(H,18,22). The van der Waals surface area contributed by atoms with Gasteiger partial charge in [-0.15, -0.1) is 5.10 Å². The second kappa shape index (κ2) is 6.78. The summed E-state index contributed by atoms with van der Waals surface area (Å²) in [6, 6.07) is 7.62. The Kier molecular flexibility index (Phi) is 4.57. The van der Waals surface area contributed by atoms with E-state index in [1.54, 1.807) is 11.8 Å². The van der Waals surface area contributed by atoms with Gasteiger partial charge in [0.1, 0.15) is 5.75 Å². The lowest BCUT2D eigenvalue weighted by Gasteiger charge is -2.23. The first kappa shape index (κ1) is 15.5. The third kappa shape index (κ3) is 3.34. The van der Waals surface area contributed by atoms with Crippen LogP contribution < -0.4 is 15.4 Å². The van der Waals surface area contributed by atoms with Crippen molar-refractivity contribution in [2.45, 2.75) is 25.8 Å². The van der Waals surface area contributed by atoms with E-state index in [0.717, 1.165) is 43.1 Å². The number of rotatable bonds is 4. The predicted octanol–water partition coefficient (Wildman–Crippen LogP) is 1.07. The van der Waals surface area contributed by atoms with Gasteiger partial charge in [-0.3, -0.25) is 4.79 Å². The van der Waals surface area contributed by atoms with Gasteiger partial charge in [0.15, 0.2) is 5.69 Å². The average molecular weight is 315 g/mol. The van der Waals surface area contributed by atoms with Gasteiger partial charge in [-0.1, -0.05) is 5.21 Å². The zero-order chi connectivity index (χ0) is 16.2. The van der Waals surface area contributed by atoms with Crippen LogP contribution in [0.25, 0.3) is 5.69 Å². The summed E-state index contributed by atoms with van der Waals surface area (Å²) >= 11 is 0. The highest BCUT2D eigenvalue weighted by molar-refractivity contribution is 5.93. The first-order valence-electron chi connectivity index (χ1n) is 7.77. The van der Waals surface area contributed by atoms with Gasteiger partial charge in [0.05, 0.1) is 18.5 Å². The molecule has 0 aliphatic carbocycles. The molecule has 122 valence electrons. The lowest BCUT2D eigenvalue weighted by molar-refractivity contribution is 0.0925. The smallest absolute Gasteiger partial charge is 0.274 e. The van der Waals surface area contributed by atoms with Crippen molar-refractivity contribution in [1.82, 2.24) is 25.6 Å². The van der Waals surface area contributed by atoms with Gasteiger partial charge in [0.25, 0.3) is 5.91 Å². The monoisotopic (exact) mass is 315 g/mol. The molecule has 0 saturated carbocycles. The summed E-state index contributed by atoms with van der Waals surface area (Å²) in [6.45, 7) is 3.66. The first-order chi connectivity index (χ1) is 11.2. The van der Waals surface area contributed by atoms with Gasteiger partial charge < -0.3 is 15.4 Å². The molecule has 2 heterocycles. The van der Waals surface area contributed by atoms with Crippen molar-refractivity contribution < 1.29 is 9.53 Å². The maximum atomic E-state index is 12.4. The number of hydrogen-bond donors (Lipinski definition) is 2. The fourth-order valence-corrected chi connectivity index (χ4v) is 2.74. The van der Waals surface area contributed by atoms with Crippen LogP contribution in [0.5, 0.6) is 5.75 Å². The summed E-state index contributed by atoms with van der Waals surface area (Å²) in [7, 11) is 1.62. The Morgan fingerprint density at radius 2 is 2.17 bits per heavy atom. The van der Waals surface area contributed by atoms with E-state index in [1.807, 2.05) is 31.2 Å². The van der Waals surface area contributed by atoms with Crippen LogP contribution in [0.1, 0.15) is 29.0 Å². The van der Waals surface area contributed by atoms with Crippen molar-refractivity contribution in [1.29, 1.82) is 0 Å². The molecule has 7 nitrogen and oxygen atoms in total. The number of nitrogens with zero attached hydrogens (tertiary/aromatic N) is 3. The summed E-state index contributed by atoms with van der Waals surface area (Å²) in [4.78, 5) is 12.4. The van der Waals surface area contributed by atoms with Crippen LogP contribution in [0.3, 0.4) is 0 Å². The van der Waals surface area contributed by atoms with Crippen LogP contribution in [0.2, 0.25) is 0 Å². The number of methoxy groups -OCH3 is 1. The van der Waals surface area contributed by atoms with Crippen LogP contribution in [0.15, 0.2) is 24.3 Å². The normalized spacial score (nSPS) is 17.7. The maximum Gasteiger partial charge on any atom is 0.274 e. The molecule has 2 N–H and O–H groups in total. The number of amides is 1. The summed E-state index contributed by atoms with van der Waals surface area (Å²) in [5.74, 6) is 0.602. The quantitative estimate of drug-likeness (QED) is 0.882. The number of ether oxygens (including phenoxy) is 1. The summed E-state index contributed by atoms with van der Waals surface area (Å²) in [5, 5.41) is 14.5. The van der Waals surface area contributed by atoms with E-state index in [2.05, 4.69) is 20.9 Å². The molecule has 1 unspecified atom stereocenters. The molecular formula is C16H21N5O2. The molecule has 1 atom stereocenters. The molecule has 1 aromatic carbocycles. The molecule has 0 bridgehead atoms. The van der Waals surface area contributed by atoms with E-state index < -0.39 is 0 Å². The molecule has 1 aliphatic heterocycles. The number of benzene rings is 1. The van der Waals surface area contributed by atoms with Crippen molar-refractivity contribution in [3.63, 3.8) is 0 Å². The van der Waals surface area contributed by atoms with E-state index in [4.69, 9.17) is 4.74 Å². The highest BCUT2D eigenvalue weighted by Crippen LogP contribution is 2.17. The fraction of sp³-hybridized carbons (Fsp3) is 0.438. The number of hydrogen-bond acceptors (Lipinski definition) is 5. The summed E-state index contributed by atoms with van der Waals surface area (Å²) in [5.41, 5.74) is 1.93. The average Bonchev–Trinajstić information content (AvgIpc) is 2.97. The SMILES string of the molecule is COc1ccc(-n2nnc(C(=O)NC3CCCNC3)c2C)cc1. The molecule has 1 saturated heterocycles. The second-order valence-electron chi connectivity index (χ2n) is 5.65. The van der Waals surface area contributed by atoms with Crippen molar-refractivity contribution in [3.8, 4) is 11.4 Å². The van der Waals surface area contributed by atoms with E-state index in [0.29, 0.717) is 5.69 Å². The number of aromatic nitrogens is 3.